The lowest BCUT2D eigenvalue weighted by Crippen LogP contribution is -2.57. The predicted molar refractivity (Wildman–Crippen MR) is 171 cm³/mol. The van der Waals surface area contributed by atoms with Crippen molar-refractivity contribution in [3.8, 4) is 0 Å². The van der Waals surface area contributed by atoms with Gasteiger partial charge in [0.1, 0.15) is 19.8 Å². The van der Waals surface area contributed by atoms with Crippen LogP contribution in [0.2, 0.25) is 0 Å². The molecule has 0 spiro atoms. The van der Waals surface area contributed by atoms with E-state index < -0.39 is 42.0 Å². The van der Waals surface area contributed by atoms with E-state index in [1.54, 1.807) is 91.0 Å². The highest BCUT2D eigenvalue weighted by molar-refractivity contribution is 5.94. The van der Waals surface area contributed by atoms with Gasteiger partial charge in [0.2, 0.25) is 11.7 Å². The Hall–Kier alpha value is -4.50. The normalized spacial score (nSPS) is 12.7. The third-order valence-electron chi connectivity index (χ3n) is 7.33. The number of unbranched alkanes of at least 4 members (excludes halogenated alkanes) is 6. The van der Waals surface area contributed by atoms with Crippen molar-refractivity contribution >= 4 is 23.9 Å². The molecule has 46 heavy (non-hydrogen) atoms. The van der Waals surface area contributed by atoms with E-state index in [9.17, 15) is 24.3 Å². The Morgan fingerprint density at radius 3 is 1.59 bits per heavy atom. The second kappa shape index (κ2) is 19.8. The molecule has 0 heterocycles. The zero-order valence-electron chi connectivity index (χ0n) is 26.4. The van der Waals surface area contributed by atoms with Gasteiger partial charge in [-0.1, -0.05) is 136 Å². The first-order valence-electron chi connectivity index (χ1n) is 15.8. The maximum Gasteiger partial charge on any atom is 0.351 e. The third kappa shape index (κ3) is 12.5. The van der Waals surface area contributed by atoms with Crippen molar-refractivity contribution in [1.82, 2.24) is 0 Å². The van der Waals surface area contributed by atoms with E-state index in [0.717, 1.165) is 38.5 Å². The van der Waals surface area contributed by atoms with Crippen molar-refractivity contribution in [2.24, 2.45) is 0 Å². The summed E-state index contributed by atoms with van der Waals surface area (Å²) in [5.74, 6) is -4.36. The molecular formula is C37H44O9. The van der Waals surface area contributed by atoms with E-state index in [2.05, 4.69) is 6.92 Å². The molecule has 0 aromatic heterocycles. The van der Waals surface area contributed by atoms with Crippen LogP contribution in [0.15, 0.2) is 91.0 Å². The summed E-state index contributed by atoms with van der Waals surface area (Å²) in [4.78, 5) is 53.1. The first kappa shape index (κ1) is 36.0. The Kier molecular flexibility index (Phi) is 15.5. The molecule has 9 heteroatoms. The predicted octanol–water partition coefficient (Wildman–Crippen LogP) is 6.39. The molecule has 0 amide bonds. The summed E-state index contributed by atoms with van der Waals surface area (Å²) < 4.78 is 21.6. The number of carbonyl (C=O) groups is 4. The smallest absolute Gasteiger partial charge is 0.351 e. The molecule has 0 fully saturated rings. The van der Waals surface area contributed by atoms with E-state index in [4.69, 9.17) is 18.9 Å². The molecule has 0 saturated heterocycles. The van der Waals surface area contributed by atoms with E-state index in [-0.39, 0.29) is 26.2 Å². The van der Waals surface area contributed by atoms with Crippen LogP contribution in [-0.2, 0) is 57.9 Å². The molecule has 0 aliphatic rings. The molecule has 0 saturated carbocycles. The molecule has 0 aliphatic heterocycles. The van der Waals surface area contributed by atoms with Crippen LogP contribution < -0.4 is 0 Å². The maximum atomic E-state index is 13.6. The van der Waals surface area contributed by atoms with Crippen LogP contribution >= 0.6 is 0 Å². The minimum absolute atomic E-state index is 0.0517. The van der Waals surface area contributed by atoms with Gasteiger partial charge in [0.05, 0.1) is 6.42 Å². The van der Waals surface area contributed by atoms with Gasteiger partial charge in [0.15, 0.2) is 0 Å². The van der Waals surface area contributed by atoms with Crippen LogP contribution in [0, 0.1) is 0 Å². The van der Waals surface area contributed by atoms with Crippen LogP contribution in [0.25, 0.3) is 0 Å². The van der Waals surface area contributed by atoms with Gasteiger partial charge >= 0.3 is 23.9 Å². The van der Waals surface area contributed by atoms with Gasteiger partial charge in [-0.2, -0.15) is 0 Å². The maximum absolute atomic E-state index is 13.6. The molecule has 246 valence electrons. The molecule has 1 N–H and O–H groups in total. The minimum atomic E-state index is -2.94. The minimum Gasteiger partial charge on any atom is -0.461 e. The average Bonchev–Trinajstić information content (AvgIpc) is 3.08. The second-order valence-corrected chi connectivity index (χ2v) is 11.1. The third-order valence-corrected chi connectivity index (χ3v) is 7.33. The number of benzene rings is 3. The first-order chi connectivity index (χ1) is 22.3. The number of esters is 4. The summed E-state index contributed by atoms with van der Waals surface area (Å²) in [6.07, 6.45) is 3.40. The van der Waals surface area contributed by atoms with Crippen LogP contribution in [0.1, 0.15) is 81.4 Å². The van der Waals surface area contributed by atoms with Gasteiger partial charge in [-0.05, 0) is 23.1 Å². The van der Waals surface area contributed by atoms with Crippen molar-refractivity contribution < 1.29 is 43.2 Å². The summed E-state index contributed by atoms with van der Waals surface area (Å²) in [6, 6.07) is 26.2. The molecule has 0 aliphatic carbocycles. The van der Waals surface area contributed by atoms with Gasteiger partial charge in [-0.3, -0.25) is 9.59 Å². The number of aliphatic hydroxyl groups is 1. The van der Waals surface area contributed by atoms with Crippen molar-refractivity contribution in [2.75, 3.05) is 0 Å². The highest BCUT2D eigenvalue weighted by atomic mass is 16.6. The fraction of sp³-hybridized carbons (Fsp3) is 0.405. The molecule has 2 unspecified atom stereocenters. The Bertz CT molecular complexity index is 1350. The van der Waals surface area contributed by atoms with Crippen LogP contribution in [-0.4, -0.2) is 40.7 Å². The van der Waals surface area contributed by atoms with Crippen LogP contribution in [0.3, 0.4) is 0 Å². The highest BCUT2D eigenvalue weighted by Crippen LogP contribution is 2.26. The lowest BCUT2D eigenvalue weighted by molar-refractivity contribution is -0.204. The molecule has 0 bridgehead atoms. The monoisotopic (exact) mass is 632 g/mol. The van der Waals surface area contributed by atoms with Crippen molar-refractivity contribution in [3.63, 3.8) is 0 Å². The fourth-order valence-electron chi connectivity index (χ4n) is 4.69. The fourth-order valence-corrected chi connectivity index (χ4v) is 4.69. The summed E-state index contributed by atoms with van der Waals surface area (Å²) in [5.41, 5.74) is -1.04. The van der Waals surface area contributed by atoms with Gasteiger partial charge in [-0.25, -0.2) is 9.59 Å². The molecule has 3 aromatic carbocycles. The van der Waals surface area contributed by atoms with Gasteiger partial charge in [0.25, 0.3) is 0 Å². The SMILES string of the molecule is CCCCCCCCCC(=O)OC(C(=O)OCc1ccccc1)C(O)(CC(=O)OCc1ccccc1)C(=O)OCc1ccccc1. The topological polar surface area (TPSA) is 125 Å². The van der Waals surface area contributed by atoms with E-state index in [0.29, 0.717) is 23.1 Å². The summed E-state index contributed by atoms with van der Waals surface area (Å²) in [7, 11) is 0. The molecule has 3 aromatic rings. The first-order valence-corrected chi connectivity index (χ1v) is 15.8. The Labute approximate surface area is 270 Å². The summed E-state index contributed by atoms with van der Waals surface area (Å²) >= 11 is 0. The molecule has 3 rings (SSSR count). The number of hydrogen-bond acceptors (Lipinski definition) is 9. The molecular weight excluding hydrogens is 588 g/mol. The number of carbonyl (C=O) groups excluding carboxylic acids is 4. The second-order valence-electron chi connectivity index (χ2n) is 11.1. The van der Waals surface area contributed by atoms with E-state index in [1.165, 1.54) is 0 Å². The Morgan fingerprint density at radius 1 is 0.609 bits per heavy atom. The van der Waals surface area contributed by atoms with Crippen LogP contribution in [0.4, 0.5) is 0 Å². The zero-order valence-corrected chi connectivity index (χ0v) is 26.4. The van der Waals surface area contributed by atoms with Gasteiger partial charge in [-0.15, -0.1) is 0 Å². The average molecular weight is 633 g/mol. The Morgan fingerprint density at radius 2 is 1.07 bits per heavy atom. The Balaban J connectivity index is 1.80. The standard InChI is InChI=1S/C37H44O9/c1-2-3-4-5-6-7-17-24-32(38)46-34(35(40)44-27-30-20-13-9-14-21-30)37(42,36(41)45-28-31-22-15-10-16-23-31)25-33(39)43-26-29-18-11-8-12-19-29/h8-16,18-23,34,42H,2-7,17,24-28H2,1H3. The summed E-state index contributed by atoms with van der Waals surface area (Å²) in [5, 5.41) is 11.8. The zero-order chi connectivity index (χ0) is 33.0. The lowest BCUT2D eigenvalue weighted by Gasteiger charge is -2.31. The number of rotatable bonds is 20. The largest absolute Gasteiger partial charge is 0.461 e. The van der Waals surface area contributed by atoms with Gasteiger partial charge in [0, 0.05) is 6.42 Å². The van der Waals surface area contributed by atoms with Crippen LogP contribution in [0.5, 0.6) is 0 Å². The summed E-state index contributed by atoms with van der Waals surface area (Å²) in [6.45, 7) is 1.51. The highest BCUT2D eigenvalue weighted by Gasteiger charge is 2.55. The van der Waals surface area contributed by atoms with Crippen molar-refractivity contribution in [2.45, 2.75) is 96.2 Å². The van der Waals surface area contributed by atoms with Crippen molar-refractivity contribution in [1.29, 1.82) is 0 Å². The molecule has 0 radical (unpaired) electrons. The number of ether oxygens (including phenoxy) is 4. The van der Waals surface area contributed by atoms with Gasteiger partial charge < -0.3 is 24.1 Å². The molecule has 2 atom stereocenters. The van der Waals surface area contributed by atoms with E-state index in [1.807, 2.05) is 0 Å². The quantitative estimate of drug-likeness (QED) is 0.0857. The van der Waals surface area contributed by atoms with Crippen molar-refractivity contribution in [3.05, 3.63) is 108 Å². The number of hydrogen-bond donors (Lipinski definition) is 1. The van der Waals surface area contributed by atoms with E-state index >= 15 is 0 Å². The lowest BCUT2D eigenvalue weighted by atomic mass is 9.92. The molecule has 9 nitrogen and oxygen atoms in total.